The summed E-state index contributed by atoms with van der Waals surface area (Å²) in [7, 11) is -3.78. The number of nitrogens with one attached hydrogen (secondary N) is 1. The summed E-state index contributed by atoms with van der Waals surface area (Å²) in [5, 5.41) is 8.66. The third-order valence-electron chi connectivity index (χ3n) is 2.94. The first-order valence-electron chi connectivity index (χ1n) is 6.23. The maximum Gasteiger partial charge on any atom is 0.242 e. The Morgan fingerprint density at radius 1 is 1.40 bits per heavy atom. The molecule has 0 aromatic heterocycles. The summed E-state index contributed by atoms with van der Waals surface area (Å²) in [5.74, 6) is -0.586. The molecule has 0 bridgehead atoms. The lowest BCUT2D eigenvalue weighted by Gasteiger charge is -2.24. The number of aliphatic hydroxyl groups excluding tert-OH is 1. The Labute approximate surface area is 124 Å². The van der Waals surface area contributed by atoms with Gasteiger partial charge in [-0.25, -0.2) is 17.5 Å². The summed E-state index contributed by atoms with van der Waals surface area (Å²) in [4.78, 5) is -0.140. The van der Waals surface area contributed by atoms with Gasteiger partial charge >= 0.3 is 0 Å². The molecule has 0 aliphatic carbocycles. The van der Waals surface area contributed by atoms with Crippen LogP contribution in [0.5, 0.6) is 0 Å². The fourth-order valence-electron chi connectivity index (χ4n) is 1.71. The van der Waals surface area contributed by atoms with Crippen LogP contribution in [-0.2, 0) is 10.0 Å². The van der Waals surface area contributed by atoms with Crippen LogP contribution in [0.25, 0.3) is 0 Å². The van der Waals surface area contributed by atoms with Crippen molar-refractivity contribution >= 4 is 21.6 Å². The molecule has 0 saturated carbocycles. The largest absolute Gasteiger partial charge is 0.396 e. The summed E-state index contributed by atoms with van der Waals surface area (Å²) >= 11 is 5.76. The van der Waals surface area contributed by atoms with Crippen molar-refractivity contribution in [3.8, 4) is 0 Å². The first kappa shape index (κ1) is 17.4. The van der Waals surface area contributed by atoms with E-state index in [1.807, 2.05) is 13.8 Å². The molecule has 20 heavy (non-hydrogen) atoms. The van der Waals surface area contributed by atoms with Crippen LogP contribution in [0.2, 0.25) is 5.02 Å². The number of hydrogen-bond acceptors (Lipinski definition) is 3. The van der Waals surface area contributed by atoms with E-state index >= 15 is 0 Å². The monoisotopic (exact) mass is 323 g/mol. The third-order valence-corrected chi connectivity index (χ3v) is 4.82. The summed E-state index contributed by atoms with van der Waals surface area (Å²) in [6.45, 7) is 4.08. The number of sulfonamides is 1. The lowest BCUT2D eigenvalue weighted by atomic mass is 9.88. The van der Waals surface area contributed by atoms with Crippen LogP contribution in [-0.4, -0.2) is 26.7 Å². The van der Waals surface area contributed by atoms with Crippen LogP contribution in [0.4, 0.5) is 4.39 Å². The first-order chi connectivity index (χ1) is 9.18. The average Bonchev–Trinajstić information content (AvgIpc) is 2.34. The standard InChI is InChI=1S/C13H19ClFNO3S/c1-13(2,6-3-7-17)9-16-20(18,19)12-5-4-10(15)8-11(12)14/h4-5,8,16-17H,3,6-7,9H2,1-2H3. The van der Waals surface area contributed by atoms with Gasteiger partial charge < -0.3 is 5.11 Å². The van der Waals surface area contributed by atoms with Crippen molar-refractivity contribution < 1.29 is 17.9 Å². The van der Waals surface area contributed by atoms with Gasteiger partial charge in [0.25, 0.3) is 0 Å². The number of rotatable bonds is 7. The minimum absolute atomic E-state index is 0.0694. The summed E-state index contributed by atoms with van der Waals surface area (Å²) < 4.78 is 39.6. The molecule has 7 heteroatoms. The highest BCUT2D eigenvalue weighted by molar-refractivity contribution is 7.89. The molecule has 0 aliphatic rings. The topological polar surface area (TPSA) is 66.4 Å². The second kappa shape index (κ2) is 6.85. The Morgan fingerprint density at radius 3 is 2.60 bits per heavy atom. The van der Waals surface area contributed by atoms with E-state index in [4.69, 9.17) is 16.7 Å². The van der Waals surface area contributed by atoms with Crippen molar-refractivity contribution in [1.29, 1.82) is 0 Å². The van der Waals surface area contributed by atoms with Crippen molar-refractivity contribution in [1.82, 2.24) is 4.72 Å². The van der Waals surface area contributed by atoms with E-state index in [0.29, 0.717) is 12.8 Å². The van der Waals surface area contributed by atoms with Gasteiger partial charge in [-0.1, -0.05) is 25.4 Å². The smallest absolute Gasteiger partial charge is 0.242 e. The Balaban J connectivity index is 2.80. The molecular formula is C13H19ClFNO3S. The predicted octanol–water partition coefficient (Wildman–Crippen LogP) is 2.56. The lowest BCUT2D eigenvalue weighted by Crippen LogP contribution is -2.34. The van der Waals surface area contributed by atoms with Gasteiger partial charge in [-0.2, -0.15) is 0 Å². The normalized spacial score (nSPS) is 12.7. The molecule has 0 fully saturated rings. The molecule has 0 saturated heterocycles. The number of halogens is 2. The van der Waals surface area contributed by atoms with Gasteiger partial charge in [0.1, 0.15) is 10.7 Å². The molecule has 0 amide bonds. The fraction of sp³-hybridized carbons (Fsp3) is 0.538. The highest BCUT2D eigenvalue weighted by atomic mass is 35.5. The number of benzene rings is 1. The molecule has 1 rings (SSSR count). The zero-order valence-electron chi connectivity index (χ0n) is 11.5. The molecule has 0 atom stereocenters. The van der Waals surface area contributed by atoms with E-state index in [9.17, 15) is 12.8 Å². The van der Waals surface area contributed by atoms with E-state index in [-0.39, 0.29) is 28.5 Å². The Bertz CT molecular complexity index is 561. The van der Waals surface area contributed by atoms with Crippen LogP contribution >= 0.6 is 11.6 Å². The maximum absolute atomic E-state index is 12.9. The molecule has 0 radical (unpaired) electrons. The quantitative estimate of drug-likeness (QED) is 0.810. The van der Waals surface area contributed by atoms with Gasteiger partial charge in [0.15, 0.2) is 0 Å². The van der Waals surface area contributed by atoms with Crippen LogP contribution in [0, 0.1) is 11.2 Å². The van der Waals surface area contributed by atoms with Gasteiger partial charge in [-0.3, -0.25) is 0 Å². The summed E-state index contributed by atoms with van der Waals surface area (Å²) in [5.41, 5.74) is -0.289. The molecule has 0 aliphatic heterocycles. The third kappa shape index (κ3) is 5.01. The zero-order chi connectivity index (χ0) is 15.4. The van der Waals surface area contributed by atoms with E-state index in [1.54, 1.807) is 0 Å². The van der Waals surface area contributed by atoms with Gasteiger partial charge in [0, 0.05) is 13.2 Å². The van der Waals surface area contributed by atoms with Crippen molar-refractivity contribution in [2.75, 3.05) is 13.2 Å². The molecule has 1 aromatic carbocycles. The Hall–Kier alpha value is -0.690. The maximum atomic E-state index is 12.9. The molecular weight excluding hydrogens is 305 g/mol. The fourth-order valence-corrected chi connectivity index (χ4v) is 3.48. The highest BCUT2D eigenvalue weighted by Gasteiger charge is 2.23. The average molecular weight is 324 g/mol. The summed E-state index contributed by atoms with van der Waals surface area (Å²) in [6, 6.07) is 3.16. The van der Waals surface area contributed by atoms with Gasteiger partial charge in [0.2, 0.25) is 10.0 Å². The van der Waals surface area contributed by atoms with Crippen LogP contribution < -0.4 is 4.72 Å². The van der Waals surface area contributed by atoms with Gasteiger partial charge in [-0.05, 0) is 36.5 Å². The molecule has 4 nitrogen and oxygen atoms in total. The van der Waals surface area contributed by atoms with E-state index < -0.39 is 15.8 Å². The van der Waals surface area contributed by atoms with Crippen molar-refractivity contribution in [2.24, 2.45) is 5.41 Å². The van der Waals surface area contributed by atoms with E-state index in [0.717, 1.165) is 18.2 Å². The van der Waals surface area contributed by atoms with E-state index in [2.05, 4.69) is 4.72 Å². The van der Waals surface area contributed by atoms with Crippen LogP contribution in [0.1, 0.15) is 26.7 Å². The van der Waals surface area contributed by atoms with E-state index in [1.165, 1.54) is 0 Å². The lowest BCUT2D eigenvalue weighted by molar-refractivity contribution is 0.242. The first-order valence-corrected chi connectivity index (χ1v) is 8.10. The molecule has 1 aromatic rings. The zero-order valence-corrected chi connectivity index (χ0v) is 13.1. The Morgan fingerprint density at radius 2 is 2.05 bits per heavy atom. The number of hydrogen-bond donors (Lipinski definition) is 2. The second-order valence-corrected chi connectivity index (χ2v) is 7.53. The molecule has 0 heterocycles. The minimum atomic E-state index is -3.78. The second-order valence-electron chi connectivity index (χ2n) is 5.39. The van der Waals surface area contributed by atoms with Gasteiger partial charge in [-0.15, -0.1) is 0 Å². The predicted molar refractivity (Wildman–Crippen MR) is 76.7 cm³/mol. The van der Waals surface area contributed by atoms with Crippen molar-refractivity contribution in [3.63, 3.8) is 0 Å². The van der Waals surface area contributed by atoms with Crippen LogP contribution in [0.3, 0.4) is 0 Å². The van der Waals surface area contributed by atoms with Crippen LogP contribution in [0.15, 0.2) is 23.1 Å². The Kier molecular flexibility index (Phi) is 5.94. The molecule has 114 valence electrons. The SMILES string of the molecule is CC(C)(CCCO)CNS(=O)(=O)c1ccc(F)cc1Cl. The minimum Gasteiger partial charge on any atom is -0.396 e. The van der Waals surface area contributed by atoms with Crippen molar-refractivity contribution in [2.45, 2.75) is 31.6 Å². The highest BCUT2D eigenvalue weighted by Crippen LogP contribution is 2.25. The number of aliphatic hydroxyl groups is 1. The van der Waals surface area contributed by atoms with Crippen molar-refractivity contribution in [3.05, 3.63) is 29.0 Å². The van der Waals surface area contributed by atoms with Gasteiger partial charge in [0.05, 0.1) is 5.02 Å². The molecule has 0 unspecified atom stereocenters. The summed E-state index contributed by atoms with van der Waals surface area (Å²) in [6.07, 6.45) is 1.29. The molecule has 0 spiro atoms. The molecule has 2 N–H and O–H groups in total.